The van der Waals surface area contributed by atoms with E-state index >= 15 is 0 Å². The Morgan fingerprint density at radius 1 is 0.625 bits per heavy atom. The van der Waals surface area contributed by atoms with Crippen LogP contribution in [0.15, 0.2) is 0 Å². The molecule has 0 atom stereocenters. The fraction of sp³-hybridized carbons (Fsp3) is 0.833. The molecule has 0 spiro atoms. The lowest BCUT2D eigenvalue weighted by molar-refractivity contribution is -0.869. The summed E-state index contributed by atoms with van der Waals surface area (Å²) in [4.78, 5) is 0. The molecule has 0 aromatic heterocycles. The van der Waals surface area contributed by atoms with E-state index in [1.54, 1.807) is 0 Å². The van der Waals surface area contributed by atoms with Crippen LogP contribution in [0.2, 0.25) is 0 Å². The van der Waals surface area contributed by atoms with Crippen LogP contribution >= 0.6 is 0 Å². The fourth-order valence-electron chi connectivity index (χ4n) is 0.959. The molecule has 0 heterocycles. The summed E-state index contributed by atoms with van der Waals surface area (Å²) in [5.74, 6) is 6.48. The van der Waals surface area contributed by atoms with Gasteiger partial charge in [0.15, 0.2) is 0 Å². The van der Waals surface area contributed by atoms with Crippen LogP contribution in [0.3, 0.4) is 0 Å². The Kier molecular flexibility index (Phi) is 13.7. The summed E-state index contributed by atoms with van der Waals surface area (Å²) in [7, 11) is 13.2. The van der Waals surface area contributed by atoms with Gasteiger partial charge in [-0.05, 0) is 0 Å². The summed E-state index contributed by atoms with van der Waals surface area (Å²) >= 11 is 0. The standard InChI is InChI=1S/C12H26N2.2HI/c1-13(2,3)11-9-7-8-10-12-14(4,5)6;;/h9-12H2,1-6H3;2*1H/q+2;;/p-2. The number of nitrogens with zero attached hydrogens (tertiary/aromatic N) is 2. The second kappa shape index (κ2) is 9.92. The van der Waals surface area contributed by atoms with Crippen molar-refractivity contribution in [2.75, 3.05) is 55.4 Å². The maximum absolute atomic E-state index is 3.24. The van der Waals surface area contributed by atoms with E-state index in [0.717, 1.165) is 34.9 Å². The van der Waals surface area contributed by atoms with Crippen molar-refractivity contribution in [1.82, 2.24) is 0 Å². The van der Waals surface area contributed by atoms with Crippen LogP contribution in [0, 0.1) is 11.8 Å². The largest absolute Gasteiger partial charge is 1.00 e. The second-order valence-electron chi connectivity index (χ2n) is 5.88. The Labute approximate surface area is 136 Å². The molecule has 0 aromatic carbocycles. The van der Waals surface area contributed by atoms with Gasteiger partial charge in [-0.15, -0.1) is 0 Å². The minimum absolute atomic E-state index is 0. The van der Waals surface area contributed by atoms with Gasteiger partial charge in [0.1, 0.15) is 0 Å². The first kappa shape index (κ1) is 22.1. The highest BCUT2D eigenvalue weighted by atomic mass is 127. The SMILES string of the molecule is C[N+](C)(C)CCC#CCC[N+](C)(C)C.[I-].[I-]. The fourth-order valence-corrected chi connectivity index (χ4v) is 0.959. The smallest absolute Gasteiger partial charge is 0.0891 e. The van der Waals surface area contributed by atoms with Crippen molar-refractivity contribution in [3.05, 3.63) is 0 Å². The molecule has 0 rings (SSSR count). The molecule has 0 unspecified atom stereocenters. The summed E-state index contributed by atoms with van der Waals surface area (Å²) in [5.41, 5.74) is 0. The Bertz CT molecular complexity index is 194. The lowest BCUT2D eigenvalue weighted by atomic mass is 10.3. The first-order valence-corrected chi connectivity index (χ1v) is 5.27. The molecular weight excluding hydrogens is 426 g/mol. The highest BCUT2D eigenvalue weighted by Crippen LogP contribution is 1.94. The zero-order valence-corrected chi connectivity index (χ0v) is 15.8. The molecule has 0 radical (unpaired) electrons. The average Bonchev–Trinajstić information content (AvgIpc) is 1.92. The summed E-state index contributed by atoms with van der Waals surface area (Å²) in [6.45, 7) is 2.27. The molecule has 0 aliphatic heterocycles. The third-order valence-corrected chi connectivity index (χ3v) is 1.94. The van der Waals surface area contributed by atoms with E-state index < -0.39 is 0 Å². The third kappa shape index (κ3) is 20.4. The van der Waals surface area contributed by atoms with Crippen molar-refractivity contribution < 1.29 is 56.9 Å². The van der Waals surface area contributed by atoms with Gasteiger partial charge in [-0.1, -0.05) is 11.8 Å². The molecule has 16 heavy (non-hydrogen) atoms. The molecule has 0 saturated heterocycles. The summed E-state index contributed by atoms with van der Waals surface area (Å²) < 4.78 is 2.01. The number of rotatable bonds is 4. The average molecular weight is 452 g/mol. The van der Waals surface area contributed by atoms with Gasteiger partial charge in [0.05, 0.1) is 68.2 Å². The topological polar surface area (TPSA) is 0 Å². The quantitative estimate of drug-likeness (QED) is 0.228. The number of hydrogen-bond acceptors (Lipinski definition) is 0. The lowest BCUT2D eigenvalue weighted by Gasteiger charge is -2.22. The van der Waals surface area contributed by atoms with Crippen molar-refractivity contribution in [3.63, 3.8) is 0 Å². The monoisotopic (exact) mass is 452 g/mol. The van der Waals surface area contributed by atoms with Crippen molar-refractivity contribution in [1.29, 1.82) is 0 Å². The molecule has 0 N–H and O–H groups in total. The minimum Gasteiger partial charge on any atom is -1.00 e. The van der Waals surface area contributed by atoms with Gasteiger partial charge in [-0.25, -0.2) is 0 Å². The van der Waals surface area contributed by atoms with E-state index in [-0.39, 0.29) is 48.0 Å². The highest BCUT2D eigenvalue weighted by molar-refractivity contribution is 4.98. The number of quaternary nitrogens is 2. The molecule has 0 aromatic rings. The lowest BCUT2D eigenvalue weighted by Crippen LogP contribution is -3.00. The van der Waals surface area contributed by atoms with E-state index in [1.165, 1.54) is 0 Å². The van der Waals surface area contributed by atoms with Gasteiger partial charge >= 0.3 is 0 Å². The van der Waals surface area contributed by atoms with Gasteiger partial charge in [0.25, 0.3) is 0 Å². The van der Waals surface area contributed by atoms with Gasteiger partial charge in [0.2, 0.25) is 0 Å². The molecule has 0 aliphatic rings. The molecule has 2 nitrogen and oxygen atoms in total. The van der Waals surface area contributed by atoms with Crippen LogP contribution in [0.4, 0.5) is 0 Å². The second-order valence-corrected chi connectivity index (χ2v) is 5.88. The van der Waals surface area contributed by atoms with Crippen LogP contribution in [-0.2, 0) is 0 Å². The van der Waals surface area contributed by atoms with Crippen molar-refractivity contribution >= 4 is 0 Å². The zero-order chi connectivity index (χ0) is 11.2. The van der Waals surface area contributed by atoms with Crippen molar-refractivity contribution in [3.8, 4) is 11.8 Å². The maximum Gasteiger partial charge on any atom is 0.0891 e. The molecule has 98 valence electrons. The van der Waals surface area contributed by atoms with Gasteiger partial charge in [-0.3, -0.25) is 0 Å². The molecule has 4 heteroatoms. The highest BCUT2D eigenvalue weighted by Gasteiger charge is 2.04. The summed E-state index contributed by atoms with van der Waals surface area (Å²) in [6, 6.07) is 0. The predicted octanol–water partition coefficient (Wildman–Crippen LogP) is -4.81. The third-order valence-electron chi connectivity index (χ3n) is 1.94. The summed E-state index contributed by atoms with van der Waals surface area (Å²) in [6.07, 6.45) is 2.03. The van der Waals surface area contributed by atoms with E-state index in [0.29, 0.717) is 0 Å². The van der Waals surface area contributed by atoms with Crippen LogP contribution in [-0.4, -0.2) is 64.3 Å². The van der Waals surface area contributed by atoms with E-state index in [2.05, 4.69) is 54.1 Å². The predicted molar refractivity (Wildman–Crippen MR) is 62.8 cm³/mol. The number of halogens is 2. The minimum atomic E-state index is 0. The Morgan fingerprint density at radius 2 is 0.875 bits per heavy atom. The first-order chi connectivity index (χ1) is 6.21. The Morgan fingerprint density at radius 3 is 1.06 bits per heavy atom. The first-order valence-electron chi connectivity index (χ1n) is 5.27. The molecular formula is C12H26I2N2. The van der Waals surface area contributed by atoms with E-state index in [9.17, 15) is 0 Å². The maximum atomic E-state index is 3.24. The van der Waals surface area contributed by atoms with Gasteiger partial charge < -0.3 is 56.9 Å². The molecule has 0 aliphatic carbocycles. The molecule has 0 saturated carbocycles. The van der Waals surface area contributed by atoms with Crippen molar-refractivity contribution in [2.45, 2.75) is 12.8 Å². The van der Waals surface area contributed by atoms with Crippen LogP contribution in [0.25, 0.3) is 0 Å². The molecule has 0 bridgehead atoms. The van der Waals surface area contributed by atoms with E-state index in [1.807, 2.05) is 0 Å². The molecule has 0 fully saturated rings. The zero-order valence-electron chi connectivity index (χ0n) is 11.5. The van der Waals surface area contributed by atoms with Crippen LogP contribution in [0.1, 0.15) is 12.8 Å². The van der Waals surface area contributed by atoms with Crippen LogP contribution in [0.5, 0.6) is 0 Å². The summed E-state index contributed by atoms with van der Waals surface area (Å²) in [5, 5.41) is 0. The Balaban J connectivity index is -0.000000845. The van der Waals surface area contributed by atoms with Crippen molar-refractivity contribution in [2.24, 2.45) is 0 Å². The molecule has 0 amide bonds. The normalized spacial score (nSPS) is 10.6. The van der Waals surface area contributed by atoms with E-state index in [4.69, 9.17) is 0 Å². The van der Waals surface area contributed by atoms with Gasteiger partial charge in [0, 0.05) is 0 Å². The van der Waals surface area contributed by atoms with Crippen LogP contribution < -0.4 is 48.0 Å². The van der Waals surface area contributed by atoms with Gasteiger partial charge in [-0.2, -0.15) is 0 Å². The number of hydrogen-bond donors (Lipinski definition) is 0. The Hall–Kier alpha value is 0.940.